The lowest BCUT2D eigenvalue weighted by molar-refractivity contribution is -0.137. The van der Waals surface area contributed by atoms with E-state index in [-0.39, 0.29) is 5.69 Å². The molecule has 1 atom stereocenters. The molecule has 2 rings (SSSR count). The Kier molecular flexibility index (Phi) is 3.21. The standard InChI is InChI=1S/C12H11F3N2O2/c1-2-9-10(18)17(11(19)16-9)8-5-3-7(4-6-8)12(13,14)15/h3-6,9H,2H2,1H3,(H,16,19). The van der Waals surface area contributed by atoms with E-state index in [9.17, 15) is 22.8 Å². The molecule has 1 unspecified atom stereocenters. The van der Waals surface area contributed by atoms with E-state index in [1.165, 1.54) is 0 Å². The fraction of sp³-hybridized carbons (Fsp3) is 0.333. The highest BCUT2D eigenvalue weighted by Crippen LogP contribution is 2.31. The van der Waals surface area contributed by atoms with E-state index in [0.29, 0.717) is 6.42 Å². The Hall–Kier alpha value is -2.05. The predicted molar refractivity (Wildman–Crippen MR) is 61.5 cm³/mol. The van der Waals surface area contributed by atoms with Crippen LogP contribution in [0.5, 0.6) is 0 Å². The Morgan fingerprint density at radius 2 is 1.79 bits per heavy atom. The van der Waals surface area contributed by atoms with Crippen LogP contribution in [-0.4, -0.2) is 18.0 Å². The fourth-order valence-electron chi connectivity index (χ4n) is 1.85. The van der Waals surface area contributed by atoms with Crippen molar-refractivity contribution in [1.82, 2.24) is 5.32 Å². The number of nitrogens with zero attached hydrogens (tertiary/aromatic N) is 1. The van der Waals surface area contributed by atoms with Crippen molar-refractivity contribution in [2.24, 2.45) is 0 Å². The largest absolute Gasteiger partial charge is 0.416 e. The Balaban J connectivity index is 2.28. The van der Waals surface area contributed by atoms with Crippen LogP contribution in [0, 0.1) is 0 Å². The van der Waals surface area contributed by atoms with Crippen molar-refractivity contribution in [3.63, 3.8) is 0 Å². The summed E-state index contributed by atoms with van der Waals surface area (Å²) < 4.78 is 37.2. The quantitative estimate of drug-likeness (QED) is 0.841. The first-order valence-corrected chi connectivity index (χ1v) is 5.66. The molecule has 1 fully saturated rings. The van der Waals surface area contributed by atoms with Gasteiger partial charge in [-0.2, -0.15) is 13.2 Å². The Morgan fingerprint density at radius 3 is 2.21 bits per heavy atom. The number of alkyl halides is 3. The third kappa shape index (κ3) is 2.40. The number of hydrogen-bond donors (Lipinski definition) is 1. The monoisotopic (exact) mass is 272 g/mol. The van der Waals surface area contributed by atoms with Crippen molar-refractivity contribution in [3.8, 4) is 0 Å². The summed E-state index contributed by atoms with van der Waals surface area (Å²) in [5.41, 5.74) is -0.693. The maximum atomic E-state index is 12.4. The lowest BCUT2D eigenvalue weighted by Gasteiger charge is -2.14. The van der Waals surface area contributed by atoms with Crippen LogP contribution in [0.25, 0.3) is 0 Å². The summed E-state index contributed by atoms with van der Waals surface area (Å²) in [6, 6.07) is 2.67. The second kappa shape index (κ2) is 4.56. The number of carbonyl (C=O) groups excluding carboxylic acids is 2. The number of nitrogens with one attached hydrogen (secondary N) is 1. The van der Waals surface area contributed by atoms with E-state index in [2.05, 4.69) is 5.32 Å². The van der Waals surface area contributed by atoms with Crippen LogP contribution in [0.2, 0.25) is 0 Å². The molecule has 0 radical (unpaired) electrons. The molecule has 0 saturated carbocycles. The highest BCUT2D eigenvalue weighted by molar-refractivity contribution is 6.21. The number of rotatable bonds is 2. The van der Waals surface area contributed by atoms with Crippen molar-refractivity contribution < 1.29 is 22.8 Å². The summed E-state index contributed by atoms with van der Waals surface area (Å²) in [6.07, 6.45) is -4.01. The number of urea groups is 1. The lowest BCUT2D eigenvalue weighted by Crippen LogP contribution is -2.31. The number of halogens is 3. The van der Waals surface area contributed by atoms with E-state index in [1.807, 2.05) is 0 Å². The maximum Gasteiger partial charge on any atom is 0.416 e. The predicted octanol–water partition coefficient (Wildman–Crippen LogP) is 2.54. The van der Waals surface area contributed by atoms with Crippen LogP contribution >= 0.6 is 0 Å². The molecule has 1 aliphatic rings. The first-order chi connectivity index (χ1) is 8.84. The molecule has 0 aromatic heterocycles. The minimum atomic E-state index is -4.44. The van der Waals surface area contributed by atoms with Gasteiger partial charge in [0.15, 0.2) is 0 Å². The lowest BCUT2D eigenvalue weighted by atomic mass is 10.2. The van der Waals surface area contributed by atoms with Crippen LogP contribution in [0.3, 0.4) is 0 Å². The molecular formula is C12H11F3N2O2. The molecule has 4 nitrogen and oxygen atoms in total. The van der Waals surface area contributed by atoms with E-state index in [1.54, 1.807) is 6.92 Å². The van der Waals surface area contributed by atoms with Gasteiger partial charge in [-0.25, -0.2) is 9.69 Å². The second-order valence-corrected chi connectivity index (χ2v) is 4.13. The zero-order valence-corrected chi connectivity index (χ0v) is 9.99. The number of amides is 3. The normalized spacial score (nSPS) is 19.8. The minimum Gasteiger partial charge on any atom is -0.325 e. The summed E-state index contributed by atoms with van der Waals surface area (Å²) in [5, 5.41) is 2.46. The average molecular weight is 272 g/mol. The summed E-state index contributed by atoms with van der Waals surface area (Å²) in [5.74, 6) is -0.452. The van der Waals surface area contributed by atoms with Crippen LogP contribution in [-0.2, 0) is 11.0 Å². The molecule has 0 bridgehead atoms. The third-order valence-electron chi connectivity index (χ3n) is 2.88. The smallest absolute Gasteiger partial charge is 0.325 e. The number of carbonyl (C=O) groups is 2. The zero-order valence-electron chi connectivity index (χ0n) is 9.99. The van der Waals surface area contributed by atoms with Crippen molar-refractivity contribution in [2.75, 3.05) is 4.90 Å². The molecule has 102 valence electrons. The zero-order chi connectivity index (χ0) is 14.2. The highest BCUT2D eigenvalue weighted by Gasteiger charge is 2.38. The molecule has 7 heteroatoms. The molecule has 1 aromatic rings. The topological polar surface area (TPSA) is 49.4 Å². The molecule has 3 amide bonds. The van der Waals surface area contributed by atoms with Crippen molar-refractivity contribution in [3.05, 3.63) is 29.8 Å². The minimum absolute atomic E-state index is 0.131. The summed E-state index contributed by atoms with van der Waals surface area (Å²) in [6.45, 7) is 1.74. The van der Waals surface area contributed by atoms with Gasteiger partial charge in [0.2, 0.25) is 0 Å². The molecular weight excluding hydrogens is 261 g/mol. The van der Waals surface area contributed by atoms with Gasteiger partial charge in [0, 0.05) is 0 Å². The molecule has 1 N–H and O–H groups in total. The van der Waals surface area contributed by atoms with Crippen LogP contribution < -0.4 is 10.2 Å². The van der Waals surface area contributed by atoms with Gasteiger partial charge in [-0.3, -0.25) is 4.79 Å². The van der Waals surface area contributed by atoms with E-state index < -0.39 is 29.7 Å². The van der Waals surface area contributed by atoms with E-state index in [4.69, 9.17) is 0 Å². The molecule has 0 aliphatic carbocycles. The van der Waals surface area contributed by atoms with Crippen LogP contribution in [0.1, 0.15) is 18.9 Å². The fourth-order valence-corrected chi connectivity index (χ4v) is 1.85. The summed E-state index contributed by atoms with van der Waals surface area (Å²) in [4.78, 5) is 24.3. The third-order valence-corrected chi connectivity index (χ3v) is 2.88. The van der Waals surface area contributed by atoms with Crippen LogP contribution in [0.15, 0.2) is 24.3 Å². The summed E-state index contributed by atoms with van der Waals surface area (Å²) >= 11 is 0. The van der Waals surface area contributed by atoms with Gasteiger partial charge in [0.1, 0.15) is 6.04 Å². The van der Waals surface area contributed by atoms with Crippen molar-refractivity contribution in [1.29, 1.82) is 0 Å². The number of anilines is 1. The SMILES string of the molecule is CCC1NC(=O)N(c2ccc(C(F)(F)F)cc2)C1=O. The number of imide groups is 1. The van der Waals surface area contributed by atoms with E-state index in [0.717, 1.165) is 29.2 Å². The Bertz CT molecular complexity index is 511. The van der Waals surface area contributed by atoms with Crippen LogP contribution in [0.4, 0.5) is 23.7 Å². The molecule has 1 aromatic carbocycles. The summed E-state index contributed by atoms with van der Waals surface area (Å²) in [7, 11) is 0. The molecule has 1 aliphatic heterocycles. The van der Waals surface area contributed by atoms with Crippen molar-refractivity contribution >= 4 is 17.6 Å². The van der Waals surface area contributed by atoms with Gasteiger partial charge in [0.05, 0.1) is 11.3 Å². The first-order valence-electron chi connectivity index (χ1n) is 5.66. The molecule has 19 heavy (non-hydrogen) atoms. The van der Waals surface area contributed by atoms with Gasteiger partial charge in [0.25, 0.3) is 5.91 Å². The van der Waals surface area contributed by atoms with Gasteiger partial charge >= 0.3 is 12.2 Å². The molecule has 1 saturated heterocycles. The van der Waals surface area contributed by atoms with Gasteiger partial charge in [-0.05, 0) is 30.7 Å². The Morgan fingerprint density at radius 1 is 1.21 bits per heavy atom. The molecule has 1 heterocycles. The average Bonchev–Trinajstić information content (AvgIpc) is 2.63. The van der Waals surface area contributed by atoms with Gasteiger partial charge < -0.3 is 5.32 Å². The second-order valence-electron chi connectivity index (χ2n) is 4.13. The highest BCUT2D eigenvalue weighted by atomic mass is 19.4. The van der Waals surface area contributed by atoms with Crippen molar-refractivity contribution in [2.45, 2.75) is 25.6 Å². The maximum absolute atomic E-state index is 12.4. The van der Waals surface area contributed by atoms with E-state index >= 15 is 0 Å². The Labute approximate surface area is 107 Å². The van der Waals surface area contributed by atoms with Gasteiger partial charge in [-0.15, -0.1) is 0 Å². The number of benzene rings is 1. The van der Waals surface area contributed by atoms with Gasteiger partial charge in [-0.1, -0.05) is 6.92 Å². The molecule has 0 spiro atoms. The number of hydrogen-bond acceptors (Lipinski definition) is 2. The first kappa shape index (κ1) is 13.4.